The third-order valence-electron chi connectivity index (χ3n) is 2.44. The minimum atomic E-state index is -0.00318. The lowest BCUT2D eigenvalue weighted by molar-refractivity contribution is -0.119. The fourth-order valence-electron chi connectivity index (χ4n) is 1.70. The Morgan fingerprint density at radius 2 is 1.53 bits per heavy atom. The Bertz CT molecular complexity index is 216. The number of amides is 1. The first-order valence-electron chi connectivity index (χ1n) is 5.17. The van der Waals surface area contributed by atoms with E-state index in [4.69, 9.17) is 0 Å². The van der Waals surface area contributed by atoms with Crippen LogP contribution in [0.4, 0.5) is 0 Å². The average Bonchev–Trinajstić information content (AvgIpc) is 2.16. The van der Waals surface area contributed by atoms with Crippen LogP contribution in [0.2, 0.25) is 0 Å². The highest BCUT2D eigenvalue weighted by atomic mass is 16.1. The highest BCUT2D eigenvalue weighted by Crippen LogP contribution is 2.31. The molecule has 2 heteroatoms. The van der Waals surface area contributed by atoms with Crippen LogP contribution in [0.3, 0.4) is 0 Å². The zero-order valence-electron chi connectivity index (χ0n) is 9.59. The number of hydrogen-bond donors (Lipinski definition) is 1. The minimum absolute atomic E-state index is 0.00306. The molecule has 0 bridgehead atoms. The van der Waals surface area contributed by atoms with Crippen LogP contribution < -0.4 is 5.32 Å². The molecule has 0 saturated heterocycles. The second-order valence-corrected chi connectivity index (χ2v) is 3.89. The lowest BCUT2D eigenvalue weighted by Gasteiger charge is -2.31. The maximum Gasteiger partial charge on any atom is 0.216 e. The van der Waals surface area contributed by atoms with Crippen LogP contribution in [0.25, 0.3) is 0 Å². The van der Waals surface area contributed by atoms with Crippen LogP contribution >= 0.6 is 0 Å². The van der Waals surface area contributed by atoms with Gasteiger partial charge in [0.1, 0.15) is 0 Å². The molecule has 0 radical (unpaired) electrons. The van der Waals surface area contributed by atoms with Crippen LogP contribution in [-0.4, -0.2) is 12.5 Å². The Kier molecular flexibility index (Phi) is 6.43. The fourth-order valence-corrected chi connectivity index (χ4v) is 1.70. The van der Waals surface area contributed by atoms with Gasteiger partial charge < -0.3 is 5.32 Å². The predicted octanol–water partition coefficient (Wildman–Crippen LogP) is 2.84. The van der Waals surface area contributed by atoms with Crippen molar-refractivity contribution in [2.45, 2.75) is 26.2 Å². The number of allylic oxidation sites excluding steroid dienone is 3. The second-order valence-electron chi connectivity index (χ2n) is 3.89. The summed E-state index contributed by atoms with van der Waals surface area (Å²) >= 11 is 0. The number of nitrogens with one attached hydrogen (secondary N) is 1. The molecular formula is C13H21NO. The van der Waals surface area contributed by atoms with Crippen molar-refractivity contribution in [2.24, 2.45) is 5.41 Å². The lowest BCUT2D eigenvalue weighted by Crippen LogP contribution is -2.35. The molecule has 0 aliphatic carbocycles. The summed E-state index contributed by atoms with van der Waals surface area (Å²) in [6.07, 6.45) is 8.21. The topological polar surface area (TPSA) is 29.1 Å². The van der Waals surface area contributed by atoms with Gasteiger partial charge in [0.15, 0.2) is 0 Å². The van der Waals surface area contributed by atoms with Gasteiger partial charge in [-0.1, -0.05) is 18.2 Å². The predicted molar refractivity (Wildman–Crippen MR) is 65.6 cm³/mol. The summed E-state index contributed by atoms with van der Waals surface area (Å²) in [6, 6.07) is 0. The van der Waals surface area contributed by atoms with Crippen LogP contribution in [0.1, 0.15) is 26.2 Å². The fraction of sp³-hybridized carbons (Fsp3) is 0.462. The number of carbonyl (C=O) groups is 1. The summed E-state index contributed by atoms with van der Waals surface area (Å²) in [5.41, 5.74) is -0.00306. The molecule has 0 atom stereocenters. The van der Waals surface area contributed by atoms with Gasteiger partial charge in [-0.3, -0.25) is 4.79 Å². The molecule has 0 aromatic heterocycles. The van der Waals surface area contributed by atoms with Gasteiger partial charge in [0.2, 0.25) is 5.91 Å². The van der Waals surface area contributed by atoms with Crippen molar-refractivity contribution >= 4 is 5.91 Å². The average molecular weight is 207 g/mol. The van der Waals surface area contributed by atoms with Crippen molar-refractivity contribution in [1.29, 1.82) is 0 Å². The third-order valence-corrected chi connectivity index (χ3v) is 2.44. The van der Waals surface area contributed by atoms with Crippen molar-refractivity contribution in [3.63, 3.8) is 0 Å². The Labute approximate surface area is 92.8 Å². The van der Waals surface area contributed by atoms with Crippen LogP contribution in [0.15, 0.2) is 38.0 Å². The molecule has 0 rings (SSSR count). The molecular weight excluding hydrogens is 186 g/mol. The highest BCUT2D eigenvalue weighted by Gasteiger charge is 2.26. The first kappa shape index (κ1) is 13.7. The smallest absolute Gasteiger partial charge is 0.216 e. The van der Waals surface area contributed by atoms with E-state index in [1.54, 1.807) is 0 Å². The summed E-state index contributed by atoms with van der Waals surface area (Å²) in [6.45, 7) is 13.4. The van der Waals surface area contributed by atoms with E-state index in [2.05, 4.69) is 25.1 Å². The molecule has 1 N–H and O–H groups in total. The molecule has 0 heterocycles. The number of hydrogen-bond acceptors (Lipinski definition) is 1. The monoisotopic (exact) mass is 207 g/mol. The molecule has 1 amide bonds. The van der Waals surface area contributed by atoms with E-state index < -0.39 is 0 Å². The van der Waals surface area contributed by atoms with E-state index in [0.29, 0.717) is 6.54 Å². The molecule has 2 nitrogen and oxygen atoms in total. The van der Waals surface area contributed by atoms with Gasteiger partial charge in [-0.15, -0.1) is 19.7 Å². The minimum Gasteiger partial charge on any atom is -0.356 e. The lowest BCUT2D eigenvalue weighted by atomic mass is 9.78. The standard InChI is InChI=1S/C13H21NO/c1-5-8-13(9-6-2,10-7-3)11-14-12(4)15/h5-7H,1-3,8-11H2,4H3,(H,14,15). The Morgan fingerprint density at radius 1 is 1.13 bits per heavy atom. The van der Waals surface area contributed by atoms with E-state index in [9.17, 15) is 4.79 Å². The van der Waals surface area contributed by atoms with E-state index in [1.807, 2.05) is 18.2 Å². The summed E-state index contributed by atoms with van der Waals surface area (Å²) in [7, 11) is 0. The molecule has 0 unspecified atom stereocenters. The second kappa shape index (κ2) is 7.04. The maximum absolute atomic E-state index is 10.9. The van der Waals surface area contributed by atoms with Gasteiger partial charge in [0, 0.05) is 13.5 Å². The molecule has 15 heavy (non-hydrogen) atoms. The first-order chi connectivity index (χ1) is 7.10. The van der Waals surface area contributed by atoms with Crippen molar-refractivity contribution in [2.75, 3.05) is 6.54 Å². The highest BCUT2D eigenvalue weighted by molar-refractivity contribution is 5.72. The molecule has 0 spiro atoms. The van der Waals surface area contributed by atoms with Gasteiger partial charge in [-0.2, -0.15) is 0 Å². The summed E-state index contributed by atoms with van der Waals surface area (Å²) in [5.74, 6) is -0.00318. The Morgan fingerprint density at radius 3 is 1.80 bits per heavy atom. The maximum atomic E-state index is 10.9. The van der Waals surface area contributed by atoms with Crippen LogP contribution in [0.5, 0.6) is 0 Å². The molecule has 0 saturated carbocycles. The van der Waals surface area contributed by atoms with Gasteiger partial charge in [-0.05, 0) is 24.7 Å². The van der Waals surface area contributed by atoms with Crippen LogP contribution in [0, 0.1) is 5.41 Å². The van der Waals surface area contributed by atoms with Gasteiger partial charge in [0.25, 0.3) is 0 Å². The van der Waals surface area contributed by atoms with Gasteiger partial charge in [-0.25, -0.2) is 0 Å². The van der Waals surface area contributed by atoms with Crippen molar-refractivity contribution in [1.82, 2.24) is 5.32 Å². The normalized spacial score (nSPS) is 10.5. The number of carbonyl (C=O) groups excluding carboxylic acids is 1. The Hall–Kier alpha value is -1.31. The largest absolute Gasteiger partial charge is 0.356 e. The first-order valence-corrected chi connectivity index (χ1v) is 5.17. The SMILES string of the molecule is C=CCC(CC=C)(CC=C)CNC(C)=O. The third kappa shape index (κ3) is 5.21. The van der Waals surface area contributed by atoms with E-state index >= 15 is 0 Å². The summed E-state index contributed by atoms with van der Waals surface area (Å²) in [4.78, 5) is 10.9. The van der Waals surface area contributed by atoms with E-state index in [0.717, 1.165) is 19.3 Å². The molecule has 0 aliphatic heterocycles. The molecule has 0 aliphatic rings. The van der Waals surface area contributed by atoms with Crippen molar-refractivity contribution < 1.29 is 4.79 Å². The van der Waals surface area contributed by atoms with Gasteiger partial charge >= 0.3 is 0 Å². The zero-order valence-corrected chi connectivity index (χ0v) is 9.59. The molecule has 0 aromatic carbocycles. The summed E-state index contributed by atoms with van der Waals surface area (Å²) in [5, 5.41) is 2.86. The quantitative estimate of drug-likeness (QED) is 0.609. The Balaban J connectivity index is 4.57. The van der Waals surface area contributed by atoms with Crippen LogP contribution in [-0.2, 0) is 4.79 Å². The summed E-state index contributed by atoms with van der Waals surface area (Å²) < 4.78 is 0. The number of rotatable bonds is 8. The van der Waals surface area contributed by atoms with Crippen molar-refractivity contribution in [3.8, 4) is 0 Å². The molecule has 0 aromatic rings. The molecule has 84 valence electrons. The van der Waals surface area contributed by atoms with Gasteiger partial charge in [0.05, 0.1) is 0 Å². The molecule has 0 fully saturated rings. The van der Waals surface area contributed by atoms with E-state index in [-0.39, 0.29) is 11.3 Å². The van der Waals surface area contributed by atoms with Crippen molar-refractivity contribution in [3.05, 3.63) is 38.0 Å². The van der Waals surface area contributed by atoms with E-state index in [1.165, 1.54) is 6.92 Å². The zero-order chi connectivity index (χ0) is 11.7.